The third kappa shape index (κ3) is 4.15. The summed E-state index contributed by atoms with van der Waals surface area (Å²) in [6, 6.07) is 10.9. The number of hydrogen-bond acceptors (Lipinski definition) is 5. The van der Waals surface area contributed by atoms with Crippen LogP contribution in [0.25, 0.3) is 0 Å². The first kappa shape index (κ1) is 19.0. The lowest BCUT2D eigenvalue weighted by atomic mass is 10.2. The van der Waals surface area contributed by atoms with Crippen molar-refractivity contribution in [2.75, 3.05) is 26.2 Å². The van der Waals surface area contributed by atoms with E-state index >= 15 is 0 Å². The number of aromatic nitrogens is 1. The Balaban J connectivity index is 1.74. The third-order valence-corrected chi connectivity index (χ3v) is 6.26. The number of aromatic carboxylic acids is 1. The molecule has 0 aliphatic carbocycles. The number of nitrogens with zero attached hydrogens (tertiary/aromatic N) is 3. The van der Waals surface area contributed by atoms with E-state index in [0.717, 1.165) is 0 Å². The Kier molecular flexibility index (Phi) is 5.52. The highest BCUT2D eigenvalue weighted by Gasteiger charge is 2.28. The number of benzene rings is 1. The fourth-order valence-corrected chi connectivity index (χ4v) is 4.43. The summed E-state index contributed by atoms with van der Waals surface area (Å²) in [6.45, 7) is 1.12. The summed E-state index contributed by atoms with van der Waals surface area (Å²) in [4.78, 5) is 29.2. The first-order chi connectivity index (χ1) is 12.9. The molecule has 1 aromatic heterocycles. The van der Waals surface area contributed by atoms with Gasteiger partial charge in [0.2, 0.25) is 10.0 Å². The minimum absolute atomic E-state index is 0.180. The van der Waals surface area contributed by atoms with Gasteiger partial charge in [0.15, 0.2) is 0 Å². The third-order valence-electron chi connectivity index (χ3n) is 4.35. The van der Waals surface area contributed by atoms with Crippen molar-refractivity contribution in [3.63, 3.8) is 0 Å². The van der Waals surface area contributed by atoms with E-state index in [-0.39, 0.29) is 35.1 Å². The largest absolute Gasteiger partial charge is 0.477 e. The molecule has 0 spiro atoms. The van der Waals surface area contributed by atoms with E-state index in [4.69, 9.17) is 5.11 Å². The van der Waals surface area contributed by atoms with E-state index in [2.05, 4.69) is 4.98 Å². The summed E-state index contributed by atoms with van der Waals surface area (Å²) in [6.07, 6.45) is 1.77. The van der Waals surface area contributed by atoms with Gasteiger partial charge in [-0.25, -0.2) is 18.2 Å². The number of carbonyl (C=O) groups excluding carboxylic acids is 1. The van der Waals surface area contributed by atoms with Gasteiger partial charge in [-0.1, -0.05) is 18.2 Å². The van der Waals surface area contributed by atoms with Crippen molar-refractivity contribution < 1.29 is 23.1 Å². The Hall–Kier alpha value is -2.78. The monoisotopic (exact) mass is 389 g/mol. The number of rotatable bonds is 4. The average Bonchev–Trinajstić information content (AvgIpc) is 2.95. The molecule has 0 unspecified atom stereocenters. The summed E-state index contributed by atoms with van der Waals surface area (Å²) in [5.41, 5.74) is 0.0192. The molecule has 1 aromatic carbocycles. The van der Waals surface area contributed by atoms with E-state index in [1.165, 1.54) is 22.6 Å². The van der Waals surface area contributed by atoms with E-state index in [1.807, 2.05) is 0 Å². The quantitative estimate of drug-likeness (QED) is 0.845. The van der Waals surface area contributed by atoms with Crippen molar-refractivity contribution in [3.05, 3.63) is 59.9 Å². The van der Waals surface area contributed by atoms with Gasteiger partial charge in [-0.15, -0.1) is 0 Å². The zero-order valence-corrected chi connectivity index (χ0v) is 15.3. The van der Waals surface area contributed by atoms with Crippen LogP contribution in [0, 0.1) is 0 Å². The first-order valence-corrected chi connectivity index (χ1v) is 9.87. The fraction of sp³-hybridized carbons (Fsp3) is 0.278. The molecule has 0 atom stereocenters. The van der Waals surface area contributed by atoms with Crippen LogP contribution < -0.4 is 0 Å². The molecule has 0 saturated carbocycles. The van der Waals surface area contributed by atoms with Gasteiger partial charge in [0.1, 0.15) is 5.69 Å². The minimum atomic E-state index is -3.61. The van der Waals surface area contributed by atoms with Gasteiger partial charge in [0.25, 0.3) is 5.91 Å². The smallest absolute Gasteiger partial charge is 0.354 e. The maximum atomic E-state index is 12.8. The second kappa shape index (κ2) is 7.85. The molecular weight excluding hydrogens is 370 g/mol. The van der Waals surface area contributed by atoms with Gasteiger partial charge >= 0.3 is 5.97 Å². The normalized spacial score (nSPS) is 15.9. The molecule has 1 amide bonds. The molecule has 1 aliphatic heterocycles. The van der Waals surface area contributed by atoms with Crippen LogP contribution in [0.5, 0.6) is 0 Å². The van der Waals surface area contributed by atoms with Crippen molar-refractivity contribution in [1.82, 2.24) is 14.2 Å². The number of carboxylic acids is 1. The molecule has 3 rings (SSSR count). The highest BCUT2D eigenvalue weighted by molar-refractivity contribution is 7.89. The van der Waals surface area contributed by atoms with Gasteiger partial charge in [0.05, 0.1) is 4.90 Å². The lowest BCUT2D eigenvalue weighted by molar-refractivity contribution is 0.0690. The Morgan fingerprint density at radius 1 is 1.00 bits per heavy atom. The Morgan fingerprint density at radius 3 is 2.44 bits per heavy atom. The average molecular weight is 389 g/mol. The van der Waals surface area contributed by atoms with Crippen molar-refractivity contribution in [3.8, 4) is 0 Å². The number of carboxylic acid groups (broad SMARTS) is 1. The van der Waals surface area contributed by atoms with Crippen LogP contribution in [0.1, 0.15) is 27.3 Å². The van der Waals surface area contributed by atoms with Crippen LogP contribution in [0.3, 0.4) is 0 Å². The summed E-state index contributed by atoms with van der Waals surface area (Å²) >= 11 is 0. The highest BCUT2D eigenvalue weighted by atomic mass is 32.2. The van der Waals surface area contributed by atoms with E-state index in [9.17, 15) is 18.0 Å². The molecular formula is C18H19N3O5S. The zero-order valence-electron chi connectivity index (χ0n) is 14.5. The van der Waals surface area contributed by atoms with Crippen LogP contribution >= 0.6 is 0 Å². The molecule has 142 valence electrons. The molecule has 2 heterocycles. The first-order valence-electron chi connectivity index (χ1n) is 8.43. The molecule has 2 aromatic rings. The molecule has 1 N–H and O–H groups in total. The second-order valence-corrected chi connectivity index (χ2v) is 8.04. The minimum Gasteiger partial charge on any atom is -0.477 e. The van der Waals surface area contributed by atoms with E-state index < -0.39 is 16.0 Å². The van der Waals surface area contributed by atoms with Crippen LogP contribution in [0.2, 0.25) is 0 Å². The highest BCUT2D eigenvalue weighted by Crippen LogP contribution is 2.18. The number of amides is 1. The maximum absolute atomic E-state index is 12.8. The summed E-state index contributed by atoms with van der Waals surface area (Å²) < 4.78 is 26.9. The molecule has 27 heavy (non-hydrogen) atoms. The van der Waals surface area contributed by atoms with Crippen LogP contribution in [-0.2, 0) is 10.0 Å². The standard InChI is InChI=1S/C18H19N3O5S/c22-17(14-7-8-19-16(13-14)18(23)24)20-9-4-10-21(12-11-20)27(25,26)15-5-2-1-3-6-15/h1-3,5-8,13H,4,9-12H2,(H,23,24). The Morgan fingerprint density at radius 2 is 1.74 bits per heavy atom. The topological polar surface area (TPSA) is 108 Å². The summed E-state index contributed by atoms with van der Waals surface area (Å²) in [5, 5.41) is 9.02. The Bertz CT molecular complexity index is 946. The van der Waals surface area contributed by atoms with Gasteiger partial charge in [-0.2, -0.15) is 4.31 Å². The van der Waals surface area contributed by atoms with E-state index in [0.29, 0.717) is 19.5 Å². The van der Waals surface area contributed by atoms with Crippen molar-refractivity contribution in [1.29, 1.82) is 0 Å². The fourth-order valence-electron chi connectivity index (χ4n) is 2.94. The predicted molar refractivity (Wildman–Crippen MR) is 96.9 cm³/mol. The molecule has 1 aliphatic rings. The van der Waals surface area contributed by atoms with Crippen molar-refractivity contribution in [2.45, 2.75) is 11.3 Å². The SMILES string of the molecule is O=C(O)c1cc(C(=O)N2CCCN(S(=O)(=O)c3ccccc3)CC2)ccn1. The molecule has 1 saturated heterocycles. The van der Waals surface area contributed by atoms with Crippen LogP contribution in [0.15, 0.2) is 53.6 Å². The lowest BCUT2D eigenvalue weighted by Gasteiger charge is -2.22. The second-order valence-electron chi connectivity index (χ2n) is 6.10. The predicted octanol–water partition coefficient (Wildman–Crippen LogP) is 1.32. The number of sulfonamides is 1. The van der Waals surface area contributed by atoms with E-state index in [1.54, 1.807) is 35.2 Å². The van der Waals surface area contributed by atoms with Gasteiger partial charge < -0.3 is 10.0 Å². The van der Waals surface area contributed by atoms with Gasteiger partial charge in [-0.3, -0.25) is 4.79 Å². The molecule has 9 heteroatoms. The maximum Gasteiger partial charge on any atom is 0.354 e. The summed E-state index contributed by atoms with van der Waals surface area (Å²) in [7, 11) is -3.61. The lowest BCUT2D eigenvalue weighted by Crippen LogP contribution is -2.37. The van der Waals surface area contributed by atoms with Gasteiger partial charge in [-0.05, 0) is 30.7 Å². The van der Waals surface area contributed by atoms with Crippen LogP contribution in [0.4, 0.5) is 0 Å². The van der Waals surface area contributed by atoms with Crippen LogP contribution in [-0.4, -0.2) is 65.8 Å². The number of pyridine rings is 1. The number of hydrogen-bond donors (Lipinski definition) is 1. The number of carbonyl (C=O) groups is 2. The summed E-state index contributed by atoms with van der Waals surface area (Å²) in [5.74, 6) is -1.54. The molecule has 1 fully saturated rings. The van der Waals surface area contributed by atoms with Crippen molar-refractivity contribution in [2.24, 2.45) is 0 Å². The molecule has 8 nitrogen and oxygen atoms in total. The Labute approximate surface area is 157 Å². The van der Waals surface area contributed by atoms with Crippen molar-refractivity contribution >= 4 is 21.9 Å². The van der Waals surface area contributed by atoms with Gasteiger partial charge in [0, 0.05) is 37.9 Å². The zero-order chi connectivity index (χ0) is 19.4. The molecule has 0 radical (unpaired) electrons. The molecule has 0 bridgehead atoms.